The smallest absolute Gasteiger partial charge is 0.262 e. The minimum absolute atomic E-state index is 0.0969. The number of carbonyl (C=O) groups excluding carboxylic acids is 2. The summed E-state index contributed by atoms with van der Waals surface area (Å²) >= 11 is 3.37. The van der Waals surface area contributed by atoms with Crippen molar-refractivity contribution >= 4 is 34.0 Å². The number of halogens is 2. The first-order valence-electron chi connectivity index (χ1n) is 9.07. The Morgan fingerprint density at radius 2 is 1.97 bits per heavy atom. The van der Waals surface area contributed by atoms with Gasteiger partial charge in [-0.15, -0.1) is 6.42 Å². The predicted molar refractivity (Wildman–Crippen MR) is 117 cm³/mol. The van der Waals surface area contributed by atoms with Gasteiger partial charge >= 0.3 is 0 Å². The fraction of sp³-hybridized carbons (Fsp3) is 0.227. The maximum absolute atomic E-state index is 13.0. The first-order chi connectivity index (χ1) is 14.3. The van der Waals surface area contributed by atoms with Crippen LogP contribution in [0.2, 0.25) is 0 Å². The Hall–Kier alpha value is -3.18. The molecule has 30 heavy (non-hydrogen) atoms. The fourth-order valence-corrected chi connectivity index (χ4v) is 2.85. The van der Waals surface area contributed by atoms with Crippen molar-refractivity contribution in [1.29, 1.82) is 0 Å². The van der Waals surface area contributed by atoms with Crippen molar-refractivity contribution in [3.63, 3.8) is 0 Å². The lowest BCUT2D eigenvalue weighted by atomic mass is 10.0. The highest BCUT2D eigenvalue weighted by Crippen LogP contribution is 2.21. The van der Waals surface area contributed by atoms with Gasteiger partial charge < -0.3 is 10.1 Å². The van der Waals surface area contributed by atoms with Crippen LogP contribution >= 0.6 is 15.9 Å². The van der Waals surface area contributed by atoms with Crippen molar-refractivity contribution < 1.29 is 18.7 Å². The Bertz CT molecular complexity index is 969. The summed E-state index contributed by atoms with van der Waals surface area (Å²) in [6.45, 7) is 3.68. The molecule has 0 saturated carbocycles. The van der Waals surface area contributed by atoms with Gasteiger partial charge in [-0.2, -0.15) is 5.10 Å². The zero-order valence-corrected chi connectivity index (χ0v) is 18.1. The van der Waals surface area contributed by atoms with Crippen LogP contribution in [0.5, 0.6) is 5.75 Å². The lowest BCUT2D eigenvalue weighted by Crippen LogP contribution is -2.48. The number of carbonyl (C=O) groups is 2. The summed E-state index contributed by atoms with van der Waals surface area (Å²) in [5, 5.41) is 6.62. The summed E-state index contributed by atoms with van der Waals surface area (Å²) in [6, 6.07) is 9.51. The fourth-order valence-electron chi connectivity index (χ4n) is 2.47. The van der Waals surface area contributed by atoms with Crippen molar-refractivity contribution in [1.82, 2.24) is 10.7 Å². The van der Waals surface area contributed by atoms with E-state index in [-0.39, 0.29) is 18.1 Å². The van der Waals surface area contributed by atoms with Crippen molar-refractivity contribution in [2.75, 3.05) is 6.61 Å². The largest absolute Gasteiger partial charge is 0.480 e. The van der Waals surface area contributed by atoms with Crippen LogP contribution in [0.25, 0.3) is 0 Å². The molecule has 0 bridgehead atoms. The van der Waals surface area contributed by atoms with Gasteiger partial charge in [-0.1, -0.05) is 35.7 Å². The summed E-state index contributed by atoms with van der Waals surface area (Å²) in [7, 11) is 0. The summed E-state index contributed by atoms with van der Waals surface area (Å²) in [5.74, 6) is 1.28. The third-order valence-corrected chi connectivity index (χ3v) is 4.50. The standard InChI is InChI=1S/C22H21BrFN3O3/c1-4-11-30-19-10-7-17(23)12-16(19)13-25-27-22(29)20(14(2)3)26-21(28)15-5-8-18(24)9-6-15/h1,5-10,12-14,20H,11H2,2-3H3,(H,26,28)(H,27,29)/b25-13+. The van der Waals surface area contributed by atoms with Crippen LogP contribution in [0.4, 0.5) is 4.39 Å². The molecule has 2 rings (SSSR count). The van der Waals surface area contributed by atoms with Crippen molar-refractivity contribution in [3.05, 3.63) is 63.9 Å². The average Bonchev–Trinajstić information content (AvgIpc) is 2.71. The normalized spacial score (nSPS) is 11.7. The molecule has 0 spiro atoms. The number of amides is 2. The molecule has 2 amide bonds. The molecule has 0 aromatic heterocycles. The second-order valence-electron chi connectivity index (χ2n) is 6.61. The predicted octanol–water partition coefficient (Wildman–Crippen LogP) is 3.50. The van der Waals surface area contributed by atoms with E-state index in [0.717, 1.165) is 4.47 Å². The quantitative estimate of drug-likeness (QED) is 0.349. The molecule has 6 nitrogen and oxygen atoms in total. The second kappa shape index (κ2) is 11.1. The number of benzene rings is 2. The van der Waals surface area contributed by atoms with Gasteiger partial charge in [0.2, 0.25) is 0 Å². The Labute approximate surface area is 183 Å². The Balaban J connectivity index is 2.07. The summed E-state index contributed by atoms with van der Waals surface area (Å²) in [6.07, 6.45) is 6.64. The maximum atomic E-state index is 13.0. The zero-order chi connectivity index (χ0) is 22.1. The minimum atomic E-state index is -0.834. The third-order valence-electron chi connectivity index (χ3n) is 4.00. The molecule has 8 heteroatoms. The van der Waals surface area contributed by atoms with Crippen molar-refractivity contribution in [2.45, 2.75) is 19.9 Å². The topological polar surface area (TPSA) is 79.8 Å². The molecule has 1 atom stereocenters. The molecule has 0 heterocycles. The number of hydrazone groups is 1. The molecule has 0 saturated heterocycles. The van der Waals surface area contributed by atoms with Gasteiger partial charge in [-0.3, -0.25) is 9.59 Å². The molecule has 0 radical (unpaired) electrons. The van der Waals surface area contributed by atoms with Gasteiger partial charge in [-0.25, -0.2) is 9.82 Å². The van der Waals surface area contributed by atoms with Gasteiger partial charge in [0.1, 0.15) is 24.2 Å². The zero-order valence-electron chi connectivity index (χ0n) is 16.5. The number of ether oxygens (including phenoxy) is 1. The number of terminal acetylenes is 1. The lowest BCUT2D eigenvalue weighted by Gasteiger charge is -2.20. The number of rotatable bonds is 8. The molecular weight excluding hydrogens is 453 g/mol. The van der Waals surface area contributed by atoms with Crippen LogP contribution < -0.4 is 15.5 Å². The van der Waals surface area contributed by atoms with E-state index in [9.17, 15) is 14.0 Å². The highest BCUT2D eigenvalue weighted by Gasteiger charge is 2.24. The van der Waals surface area contributed by atoms with Gasteiger partial charge in [0, 0.05) is 15.6 Å². The van der Waals surface area contributed by atoms with Crippen LogP contribution in [-0.2, 0) is 4.79 Å². The van der Waals surface area contributed by atoms with Crippen LogP contribution in [0.15, 0.2) is 52.0 Å². The molecule has 0 aliphatic heterocycles. The third kappa shape index (κ3) is 6.71. The molecule has 156 valence electrons. The highest BCUT2D eigenvalue weighted by molar-refractivity contribution is 9.10. The lowest BCUT2D eigenvalue weighted by molar-refractivity contribution is -0.123. The Morgan fingerprint density at radius 1 is 1.27 bits per heavy atom. The minimum Gasteiger partial charge on any atom is -0.480 e. The number of nitrogens with one attached hydrogen (secondary N) is 2. The Kier molecular flexibility index (Phi) is 8.56. The van der Waals surface area contributed by atoms with Gasteiger partial charge in [0.05, 0.1) is 6.21 Å². The molecule has 2 aromatic carbocycles. The second-order valence-corrected chi connectivity index (χ2v) is 7.53. The van der Waals surface area contributed by atoms with E-state index in [2.05, 4.69) is 37.7 Å². The van der Waals surface area contributed by atoms with Crippen LogP contribution in [0.3, 0.4) is 0 Å². The van der Waals surface area contributed by atoms with Gasteiger partial charge in [-0.05, 0) is 48.4 Å². The summed E-state index contributed by atoms with van der Waals surface area (Å²) in [5.41, 5.74) is 3.29. The molecule has 1 unspecified atom stereocenters. The summed E-state index contributed by atoms with van der Waals surface area (Å²) in [4.78, 5) is 24.9. The SMILES string of the molecule is C#CCOc1ccc(Br)cc1/C=N/NC(=O)C(NC(=O)c1ccc(F)cc1)C(C)C. The van der Waals surface area contributed by atoms with Crippen LogP contribution in [0.1, 0.15) is 29.8 Å². The molecule has 0 aliphatic carbocycles. The van der Waals surface area contributed by atoms with Crippen LogP contribution in [-0.4, -0.2) is 30.7 Å². The van der Waals surface area contributed by atoms with E-state index in [1.54, 1.807) is 32.0 Å². The van der Waals surface area contributed by atoms with E-state index in [1.165, 1.54) is 30.5 Å². The number of hydrogen-bond acceptors (Lipinski definition) is 4. The molecular formula is C22H21BrFN3O3. The van der Waals surface area contributed by atoms with E-state index >= 15 is 0 Å². The molecule has 0 fully saturated rings. The molecule has 2 N–H and O–H groups in total. The maximum Gasteiger partial charge on any atom is 0.262 e. The average molecular weight is 474 g/mol. The van der Waals surface area contributed by atoms with Gasteiger partial charge in [0.15, 0.2) is 0 Å². The van der Waals surface area contributed by atoms with Crippen LogP contribution in [0, 0.1) is 24.1 Å². The van der Waals surface area contributed by atoms with E-state index in [0.29, 0.717) is 11.3 Å². The summed E-state index contributed by atoms with van der Waals surface area (Å²) < 4.78 is 19.3. The van der Waals surface area contributed by atoms with Crippen molar-refractivity contribution in [2.24, 2.45) is 11.0 Å². The monoisotopic (exact) mass is 473 g/mol. The van der Waals surface area contributed by atoms with Gasteiger partial charge in [0.25, 0.3) is 11.8 Å². The molecule has 0 aliphatic rings. The molecule has 2 aromatic rings. The number of hydrogen-bond donors (Lipinski definition) is 2. The van der Waals surface area contributed by atoms with E-state index in [4.69, 9.17) is 11.2 Å². The highest BCUT2D eigenvalue weighted by atomic mass is 79.9. The van der Waals surface area contributed by atoms with E-state index < -0.39 is 23.7 Å². The first-order valence-corrected chi connectivity index (χ1v) is 9.86. The first kappa shape index (κ1) is 23.1. The number of nitrogens with zero attached hydrogens (tertiary/aromatic N) is 1. The Morgan fingerprint density at radius 3 is 2.60 bits per heavy atom. The van der Waals surface area contributed by atoms with Crippen molar-refractivity contribution in [3.8, 4) is 18.1 Å². The van der Waals surface area contributed by atoms with E-state index in [1.807, 2.05) is 0 Å².